The van der Waals surface area contributed by atoms with Crippen molar-refractivity contribution in [3.8, 4) is 17.1 Å². The highest BCUT2D eigenvalue weighted by atomic mass is 16.5. The molecule has 0 aliphatic rings. The van der Waals surface area contributed by atoms with Crippen molar-refractivity contribution in [3.63, 3.8) is 0 Å². The van der Waals surface area contributed by atoms with Gasteiger partial charge < -0.3 is 9.47 Å². The van der Waals surface area contributed by atoms with E-state index in [4.69, 9.17) is 9.47 Å². The highest BCUT2D eigenvalue weighted by molar-refractivity contribution is 5.90. The number of nitrogens with zero attached hydrogens (tertiary/aromatic N) is 4. The highest BCUT2D eigenvalue weighted by Gasteiger charge is 2.19. The summed E-state index contributed by atoms with van der Waals surface area (Å²) in [6.07, 6.45) is 2.47. The van der Waals surface area contributed by atoms with Crippen molar-refractivity contribution in [2.24, 2.45) is 0 Å². The molecule has 0 saturated carbocycles. The molecule has 7 nitrogen and oxygen atoms in total. The van der Waals surface area contributed by atoms with Gasteiger partial charge in [-0.3, -0.25) is 14.3 Å². The summed E-state index contributed by atoms with van der Waals surface area (Å²) in [6.45, 7) is 6.13. The van der Waals surface area contributed by atoms with Gasteiger partial charge in [-0.15, -0.1) is 0 Å². The molecule has 3 rings (SSSR count). The maximum Gasteiger partial charge on any atom is 0.272 e. The first-order valence-corrected chi connectivity index (χ1v) is 8.90. The minimum atomic E-state index is -0.104. The monoisotopic (exact) mass is 368 g/mol. The molecule has 0 aliphatic heterocycles. The highest BCUT2D eigenvalue weighted by Crippen LogP contribution is 2.29. The molecule has 1 atom stereocenters. The van der Waals surface area contributed by atoms with Crippen LogP contribution in [0.15, 0.2) is 29.2 Å². The molecule has 142 valence electrons. The fourth-order valence-corrected chi connectivity index (χ4v) is 3.28. The third-order valence-electron chi connectivity index (χ3n) is 4.69. The Morgan fingerprint density at radius 3 is 2.52 bits per heavy atom. The van der Waals surface area contributed by atoms with E-state index in [9.17, 15) is 4.79 Å². The molecule has 0 aromatic carbocycles. The zero-order valence-corrected chi connectivity index (χ0v) is 16.3. The maximum absolute atomic E-state index is 12.9. The Morgan fingerprint density at radius 1 is 1.11 bits per heavy atom. The molecule has 0 fully saturated rings. The fraction of sp³-hybridized carbons (Fsp3) is 0.400. The van der Waals surface area contributed by atoms with Crippen LogP contribution in [-0.2, 0) is 4.74 Å². The second kappa shape index (κ2) is 7.84. The van der Waals surface area contributed by atoms with Crippen LogP contribution in [0.1, 0.15) is 30.8 Å². The summed E-state index contributed by atoms with van der Waals surface area (Å²) in [4.78, 5) is 26.4. The van der Waals surface area contributed by atoms with E-state index in [1.807, 2.05) is 26.0 Å². The molecule has 3 heterocycles. The van der Waals surface area contributed by atoms with Gasteiger partial charge in [0.15, 0.2) is 0 Å². The summed E-state index contributed by atoms with van der Waals surface area (Å²) in [5.74, 6) is 0.545. The first-order valence-electron chi connectivity index (χ1n) is 8.90. The molecule has 0 radical (unpaired) electrons. The smallest absolute Gasteiger partial charge is 0.272 e. The number of hydrogen-bond acceptors (Lipinski definition) is 6. The van der Waals surface area contributed by atoms with Crippen molar-refractivity contribution in [3.05, 3.63) is 46.1 Å². The first kappa shape index (κ1) is 19.0. The van der Waals surface area contributed by atoms with E-state index in [-0.39, 0.29) is 11.6 Å². The molecule has 27 heavy (non-hydrogen) atoms. The van der Waals surface area contributed by atoms with Gasteiger partial charge in [-0.1, -0.05) is 6.92 Å². The van der Waals surface area contributed by atoms with E-state index < -0.39 is 0 Å². The molecule has 3 aromatic rings. The van der Waals surface area contributed by atoms with E-state index in [1.54, 1.807) is 38.0 Å². The number of aromatic nitrogens is 4. The van der Waals surface area contributed by atoms with Crippen LogP contribution in [0.25, 0.3) is 22.3 Å². The van der Waals surface area contributed by atoms with Gasteiger partial charge in [0.1, 0.15) is 11.2 Å². The normalized spacial score (nSPS) is 12.3. The molecule has 0 bridgehead atoms. The van der Waals surface area contributed by atoms with Crippen LogP contribution >= 0.6 is 0 Å². The molecule has 3 aromatic heterocycles. The topological polar surface area (TPSA) is 79.1 Å². The van der Waals surface area contributed by atoms with E-state index in [0.717, 1.165) is 23.2 Å². The first-order chi connectivity index (χ1) is 13.0. The van der Waals surface area contributed by atoms with Crippen LogP contribution in [-0.4, -0.2) is 40.3 Å². The van der Waals surface area contributed by atoms with Crippen LogP contribution in [0.2, 0.25) is 0 Å². The lowest BCUT2D eigenvalue weighted by Crippen LogP contribution is -2.30. The Kier molecular flexibility index (Phi) is 5.51. The molecule has 0 unspecified atom stereocenters. The number of pyridine rings is 2. The summed E-state index contributed by atoms with van der Waals surface area (Å²) in [7, 11) is 3.23. The van der Waals surface area contributed by atoms with Gasteiger partial charge in [-0.2, -0.15) is 0 Å². The average molecular weight is 368 g/mol. The van der Waals surface area contributed by atoms with Gasteiger partial charge in [0.2, 0.25) is 5.88 Å². The quantitative estimate of drug-likeness (QED) is 0.665. The van der Waals surface area contributed by atoms with Gasteiger partial charge in [-0.05, 0) is 32.4 Å². The Labute approximate surface area is 158 Å². The molecule has 0 saturated heterocycles. The van der Waals surface area contributed by atoms with Crippen molar-refractivity contribution in [1.29, 1.82) is 0 Å². The molecular weight excluding hydrogens is 344 g/mol. The summed E-state index contributed by atoms with van der Waals surface area (Å²) in [5.41, 5.74) is 4.10. The summed E-state index contributed by atoms with van der Waals surface area (Å²) < 4.78 is 12.3. The van der Waals surface area contributed by atoms with E-state index >= 15 is 0 Å². The third-order valence-corrected chi connectivity index (χ3v) is 4.69. The lowest BCUT2D eigenvalue weighted by molar-refractivity contribution is 0.153. The van der Waals surface area contributed by atoms with Crippen molar-refractivity contribution in [2.75, 3.05) is 20.8 Å². The molecule has 0 aliphatic carbocycles. The van der Waals surface area contributed by atoms with Crippen LogP contribution < -0.4 is 10.3 Å². The van der Waals surface area contributed by atoms with Gasteiger partial charge in [-0.25, -0.2) is 9.97 Å². The predicted molar refractivity (Wildman–Crippen MR) is 104 cm³/mol. The lowest BCUT2D eigenvalue weighted by Gasteiger charge is -2.21. The average Bonchev–Trinajstić information content (AvgIpc) is 2.67. The van der Waals surface area contributed by atoms with Gasteiger partial charge in [0.05, 0.1) is 36.7 Å². The molecule has 0 amide bonds. The Hall–Kier alpha value is -2.80. The number of fused-ring (bicyclic) bond motifs is 1. The Balaban J connectivity index is 2.32. The second-order valence-electron chi connectivity index (χ2n) is 6.40. The molecular formula is C20H24N4O3. The number of rotatable bonds is 6. The van der Waals surface area contributed by atoms with E-state index in [0.29, 0.717) is 29.4 Å². The molecule has 0 N–H and O–H groups in total. The van der Waals surface area contributed by atoms with Crippen molar-refractivity contribution < 1.29 is 9.47 Å². The fourth-order valence-electron chi connectivity index (χ4n) is 3.28. The molecule has 7 heteroatoms. The number of aryl methyl sites for hydroxylation is 2. The number of ether oxygens (including phenoxy) is 2. The Morgan fingerprint density at radius 2 is 1.89 bits per heavy atom. The minimum Gasteiger partial charge on any atom is -0.481 e. The summed E-state index contributed by atoms with van der Waals surface area (Å²) >= 11 is 0. The SMILES string of the molecule is CC[C@H](COC)n1c(=O)c(C)nc2c(-c3ccc(OC)nc3C)nccc21. The minimum absolute atomic E-state index is 0.0722. The summed E-state index contributed by atoms with van der Waals surface area (Å²) in [6, 6.07) is 5.47. The lowest BCUT2D eigenvalue weighted by atomic mass is 10.1. The zero-order chi connectivity index (χ0) is 19.6. The second-order valence-corrected chi connectivity index (χ2v) is 6.40. The Bertz CT molecular complexity index is 1030. The number of methoxy groups -OCH3 is 2. The number of hydrogen-bond donors (Lipinski definition) is 0. The molecule has 0 spiro atoms. The van der Waals surface area contributed by atoms with Crippen LogP contribution in [0.4, 0.5) is 0 Å². The predicted octanol–water partition coefficient (Wildman–Crippen LogP) is 3.08. The van der Waals surface area contributed by atoms with Crippen LogP contribution in [0.5, 0.6) is 5.88 Å². The van der Waals surface area contributed by atoms with Gasteiger partial charge >= 0.3 is 0 Å². The van der Waals surface area contributed by atoms with Crippen molar-refractivity contribution >= 4 is 11.0 Å². The van der Waals surface area contributed by atoms with Gasteiger partial charge in [0.25, 0.3) is 5.56 Å². The van der Waals surface area contributed by atoms with Crippen LogP contribution in [0, 0.1) is 13.8 Å². The standard InChI is InChI=1S/C20H24N4O3/c1-6-14(11-26-4)24-16-9-10-21-18(19(16)23-13(3)20(24)25)15-7-8-17(27-5)22-12(15)2/h7-10,14H,6,11H2,1-5H3/t14-/m1/s1. The zero-order valence-electron chi connectivity index (χ0n) is 16.3. The van der Waals surface area contributed by atoms with E-state index in [1.165, 1.54) is 0 Å². The summed E-state index contributed by atoms with van der Waals surface area (Å²) in [5, 5.41) is 0. The van der Waals surface area contributed by atoms with E-state index in [2.05, 4.69) is 15.0 Å². The van der Waals surface area contributed by atoms with Crippen molar-refractivity contribution in [2.45, 2.75) is 33.2 Å². The largest absolute Gasteiger partial charge is 0.481 e. The van der Waals surface area contributed by atoms with Crippen LogP contribution in [0.3, 0.4) is 0 Å². The van der Waals surface area contributed by atoms with Gasteiger partial charge in [0, 0.05) is 24.9 Å². The van der Waals surface area contributed by atoms with Crippen molar-refractivity contribution in [1.82, 2.24) is 19.5 Å². The maximum atomic E-state index is 12.9. The third kappa shape index (κ3) is 3.42.